The number of H-pyrrole nitrogens is 1. The minimum atomic E-state index is -0.948. The molecule has 4 aromatic rings. The number of ketones is 1. The van der Waals surface area contributed by atoms with Gasteiger partial charge in [0.15, 0.2) is 0 Å². The molecule has 33 heavy (non-hydrogen) atoms. The Morgan fingerprint density at radius 2 is 1.88 bits per heavy atom. The van der Waals surface area contributed by atoms with E-state index in [0.717, 1.165) is 0 Å². The zero-order valence-electron chi connectivity index (χ0n) is 17.3. The highest BCUT2D eigenvalue weighted by molar-refractivity contribution is 6.51. The van der Waals surface area contributed by atoms with Gasteiger partial charge < -0.3 is 14.8 Å². The second-order valence-electron chi connectivity index (χ2n) is 7.37. The molecule has 1 atom stereocenters. The molecule has 5 rings (SSSR count). The highest BCUT2D eigenvalue weighted by atomic mass is 35.5. The van der Waals surface area contributed by atoms with Crippen LogP contribution in [-0.2, 0) is 9.59 Å². The van der Waals surface area contributed by atoms with E-state index in [0.29, 0.717) is 22.3 Å². The van der Waals surface area contributed by atoms with Gasteiger partial charge in [0.25, 0.3) is 5.78 Å². The van der Waals surface area contributed by atoms with Crippen molar-refractivity contribution in [1.82, 2.24) is 15.0 Å². The average Bonchev–Trinajstić information content (AvgIpc) is 3.38. The number of ether oxygens (including phenoxy) is 1. The van der Waals surface area contributed by atoms with Gasteiger partial charge in [0.2, 0.25) is 5.95 Å². The van der Waals surface area contributed by atoms with E-state index in [2.05, 4.69) is 15.0 Å². The lowest BCUT2D eigenvalue weighted by atomic mass is 9.96. The topological polar surface area (TPSA) is 108 Å². The van der Waals surface area contributed by atoms with Crippen molar-refractivity contribution in [2.45, 2.75) is 6.04 Å². The third kappa shape index (κ3) is 3.41. The number of pyridine rings is 1. The summed E-state index contributed by atoms with van der Waals surface area (Å²) in [5.41, 5.74) is 1.99. The van der Waals surface area contributed by atoms with Gasteiger partial charge in [-0.05, 0) is 48.0 Å². The van der Waals surface area contributed by atoms with Crippen LogP contribution in [0, 0.1) is 0 Å². The van der Waals surface area contributed by atoms with Crippen LogP contribution in [0.15, 0.2) is 72.6 Å². The minimum absolute atomic E-state index is 0.109. The van der Waals surface area contributed by atoms with E-state index < -0.39 is 23.5 Å². The van der Waals surface area contributed by atoms with Crippen LogP contribution in [0.1, 0.15) is 17.2 Å². The number of carbonyl (C=O) groups excluding carboxylic acids is 2. The summed E-state index contributed by atoms with van der Waals surface area (Å²) in [6.45, 7) is 0. The summed E-state index contributed by atoms with van der Waals surface area (Å²) < 4.78 is 5.23. The molecule has 2 aromatic carbocycles. The second-order valence-corrected chi connectivity index (χ2v) is 7.78. The maximum Gasteiger partial charge on any atom is 0.302 e. The van der Waals surface area contributed by atoms with Crippen molar-refractivity contribution in [3.05, 3.63) is 88.7 Å². The predicted octanol–water partition coefficient (Wildman–Crippen LogP) is 4.25. The third-order valence-corrected chi connectivity index (χ3v) is 5.83. The molecule has 1 saturated heterocycles. The standard InChI is InChI=1S/C24H17ClN4O4/c1-33-14-6-7-16(25)15(12-14)21(30)19-20(13-8-10-26-11-9-13)29(23(32)22(19)31)24-27-17-4-2-3-5-18(17)28-24/h2-12,20,30H,1H3,(H,27,28)/b21-19+. The van der Waals surface area contributed by atoms with Gasteiger partial charge in [-0.2, -0.15) is 0 Å². The first-order chi connectivity index (χ1) is 16.0. The Balaban J connectivity index is 1.75. The Morgan fingerprint density at radius 1 is 1.12 bits per heavy atom. The van der Waals surface area contributed by atoms with Crippen molar-refractivity contribution in [2.24, 2.45) is 0 Å². The van der Waals surface area contributed by atoms with E-state index in [1.165, 1.54) is 18.1 Å². The van der Waals surface area contributed by atoms with E-state index >= 15 is 0 Å². The average molecular weight is 461 g/mol. The minimum Gasteiger partial charge on any atom is -0.507 e. The molecule has 1 unspecified atom stereocenters. The smallest absolute Gasteiger partial charge is 0.302 e. The number of hydrogen-bond acceptors (Lipinski definition) is 6. The molecule has 1 amide bonds. The van der Waals surface area contributed by atoms with Crippen molar-refractivity contribution in [2.75, 3.05) is 12.0 Å². The van der Waals surface area contributed by atoms with Gasteiger partial charge >= 0.3 is 5.91 Å². The van der Waals surface area contributed by atoms with Crippen molar-refractivity contribution in [1.29, 1.82) is 0 Å². The molecule has 2 aromatic heterocycles. The summed E-state index contributed by atoms with van der Waals surface area (Å²) in [5.74, 6) is -1.45. The molecule has 0 aliphatic carbocycles. The van der Waals surface area contributed by atoms with E-state index in [1.807, 2.05) is 18.2 Å². The van der Waals surface area contributed by atoms with E-state index in [1.54, 1.807) is 42.7 Å². The fourth-order valence-corrected chi connectivity index (χ4v) is 4.13. The van der Waals surface area contributed by atoms with Crippen LogP contribution in [0.5, 0.6) is 5.75 Å². The number of benzene rings is 2. The lowest BCUT2D eigenvalue weighted by molar-refractivity contribution is -0.132. The lowest BCUT2D eigenvalue weighted by Gasteiger charge is -2.23. The summed E-state index contributed by atoms with van der Waals surface area (Å²) in [6, 6.07) is 14.4. The number of aliphatic hydroxyl groups is 1. The molecule has 0 saturated carbocycles. The predicted molar refractivity (Wildman–Crippen MR) is 123 cm³/mol. The van der Waals surface area contributed by atoms with E-state index in [9.17, 15) is 14.7 Å². The number of rotatable bonds is 4. The van der Waals surface area contributed by atoms with Gasteiger partial charge in [-0.1, -0.05) is 23.7 Å². The SMILES string of the molecule is COc1ccc(Cl)c(/C(O)=C2\C(=O)C(=O)N(c3nc4ccccc4[nH]3)C2c2ccncc2)c1. The highest BCUT2D eigenvalue weighted by Crippen LogP contribution is 2.42. The van der Waals surface area contributed by atoms with E-state index in [-0.39, 0.29) is 22.1 Å². The van der Waals surface area contributed by atoms with Crippen LogP contribution >= 0.6 is 11.6 Å². The molecule has 1 fully saturated rings. The van der Waals surface area contributed by atoms with Crippen molar-refractivity contribution < 1.29 is 19.4 Å². The molecule has 164 valence electrons. The van der Waals surface area contributed by atoms with Crippen LogP contribution in [0.3, 0.4) is 0 Å². The Morgan fingerprint density at radius 3 is 2.61 bits per heavy atom. The molecule has 2 N–H and O–H groups in total. The fraction of sp³-hybridized carbons (Fsp3) is 0.0833. The van der Waals surface area contributed by atoms with Gasteiger partial charge in [-0.15, -0.1) is 0 Å². The number of Topliss-reactive ketones (excluding diaryl/α,β-unsaturated/α-hetero) is 1. The Kier molecular flexibility index (Phi) is 5.07. The first-order valence-corrected chi connectivity index (χ1v) is 10.4. The second kappa shape index (κ2) is 8.07. The lowest BCUT2D eigenvalue weighted by Crippen LogP contribution is -2.30. The molecule has 0 radical (unpaired) electrons. The molecule has 0 bridgehead atoms. The van der Waals surface area contributed by atoms with Gasteiger partial charge in [-0.25, -0.2) is 4.98 Å². The molecule has 3 heterocycles. The molecule has 1 aliphatic heterocycles. The summed E-state index contributed by atoms with van der Waals surface area (Å²) in [6.07, 6.45) is 3.10. The summed E-state index contributed by atoms with van der Waals surface area (Å²) in [5, 5.41) is 11.4. The first kappa shape index (κ1) is 20.7. The third-order valence-electron chi connectivity index (χ3n) is 5.50. The van der Waals surface area contributed by atoms with Crippen molar-refractivity contribution >= 4 is 46.0 Å². The Bertz CT molecular complexity index is 1400. The normalized spacial score (nSPS) is 17.6. The van der Waals surface area contributed by atoms with Gasteiger partial charge in [0.05, 0.1) is 34.8 Å². The quantitative estimate of drug-likeness (QED) is 0.268. The van der Waals surface area contributed by atoms with Crippen LogP contribution < -0.4 is 9.64 Å². The molecule has 1 aliphatic rings. The van der Waals surface area contributed by atoms with Crippen molar-refractivity contribution in [3.63, 3.8) is 0 Å². The molecule has 0 spiro atoms. The number of para-hydroxylation sites is 2. The van der Waals surface area contributed by atoms with Gasteiger partial charge in [0, 0.05) is 18.0 Å². The molecular formula is C24H17ClN4O4. The van der Waals surface area contributed by atoms with Crippen LogP contribution in [-0.4, -0.2) is 38.9 Å². The number of amides is 1. The zero-order valence-corrected chi connectivity index (χ0v) is 18.1. The van der Waals surface area contributed by atoms with Crippen LogP contribution in [0.25, 0.3) is 16.8 Å². The largest absolute Gasteiger partial charge is 0.507 e. The van der Waals surface area contributed by atoms with Gasteiger partial charge in [0.1, 0.15) is 11.5 Å². The first-order valence-electron chi connectivity index (χ1n) is 9.99. The van der Waals surface area contributed by atoms with Crippen LogP contribution in [0.2, 0.25) is 5.02 Å². The molecule has 9 heteroatoms. The number of anilines is 1. The number of methoxy groups -OCH3 is 1. The number of fused-ring (bicyclic) bond motifs is 1. The van der Waals surface area contributed by atoms with Crippen molar-refractivity contribution in [3.8, 4) is 5.75 Å². The summed E-state index contributed by atoms with van der Waals surface area (Å²) >= 11 is 6.32. The number of halogens is 1. The maximum absolute atomic E-state index is 13.2. The number of hydrogen-bond donors (Lipinski definition) is 2. The Hall–Kier alpha value is -4.17. The number of aromatic amines is 1. The number of aliphatic hydroxyl groups excluding tert-OH is 1. The number of nitrogens with one attached hydrogen (secondary N) is 1. The Labute approximate surface area is 193 Å². The zero-order chi connectivity index (χ0) is 23.1. The van der Waals surface area contributed by atoms with Gasteiger partial charge in [-0.3, -0.25) is 19.5 Å². The number of aromatic nitrogens is 3. The molecular weight excluding hydrogens is 444 g/mol. The summed E-state index contributed by atoms with van der Waals surface area (Å²) in [7, 11) is 1.48. The molecule has 8 nitrogen and oxygen atoms in total. The maximum atomic E-state index is 13.2. The number of imidazole rings is 1. The number of carbonyl (C=O) groups is 2. The monoisotopic (exact) mass is 460 g/mol. The van der Waals surface area contributed by atoms with E-state index in [4.69, 9.17) is 16.3 Å². The fourth-order valence-electron chi connectivity index (χ4n) is 3.92. The summed E-state index contributed by atoms with van der Waals surface area (Å²) in [4.78, 5) is 39.3. The highest BCUT2D eigenvalue weighted by Gasteiger charge is 2.48. The van der Waals surface area contributed by atoms with Crippen LogP contribution in [0.4, 0.5) is 5.95 Å². The number of nitrogens with zero attached hydrogens (tertiary/aromatic N) is 3.